The summed E-state index contributed by atoms with van der Waals surface area (Å²) in [4.78, 5) is 0. The fraction of sp³-hybridized carbons (Fsp3) is 0.400. The first-order valence-electron chi connectivity index (χ1n) is 18.7. The minimum atomic E-state index is -0.219. The van der Waals surface area contributed by atoms with Crippen molar-refractivity contribution in [1.29, 1.82) is 0 Å². The minimum absolute atomic E-state index is 0.00792. The van der Waals surface area contributed by atoms with Gasteiger partial charge in [0.25, 0.3) is 0 Å². The van der Waals surface area contributed by atoms with Gasteiger partial charge >= 0.3 is 0 Å². The van der Waals surface area contributed by atoms with E-state index in [4.69, 9.17) is 91.7 Å². The van der Waals surface area contributed by atoms with Gasteiger partial charge in [-0.2, -0.15) is 0 Å². The van der Waals surface area contributed by atoms with Crippen molar-refractivity contribution in [3.63, 3.8) is 0 Å². The summed E-state index contributed by atoms with van der Waals surface area (Å²) < 4.78 is 0. The molecule has 0 amide bonds. The normalized spacial score (nSPS) is 18.8. The maximum Gasteiger partial charge on any atom is 0.0550 e. The standard InChI is InChI=1S/C15H20N4.C13H16N4.C6H16N4.C6H18N4/c1-15(2,9-3-5-11(16)13(18)7-9)10-4-6-12(17)14(19)8-10;14-10-3-1-8(6-12(10)16)5-9-2-4-11(15)13(17)7-9;7-3-1-4(8)6(10)2-5(3)9;7-3-1-5(9)6(10)2-4-8/h3-8H,16-19H2,1-2H3;1-4,6-7H,5,14-17H2;3-6H,1-2,7-10H2;5-6H,1-4,7-10H2. The molecule has 32 N–H and O–H groups in total. The Hall–Kier alpha value is -5.04. The number of benzene rings is 4. The zero-order valence-corrected chi connectivity index (χ0v) is 33.1. The lowest BCUT2D eigenvalue weighted by Gasteiger charge is -2.34. The van der Waals surface area contributed by atoms with Crippen molar-refractivity contribution < 1.29 is 0 Å². The highest BCUT2D eigenvalue weighted by Gasteiger charge is 2.29. The van der Waals surface area contributed by atoms with Crippen LogP contribution in [-0.2, 0) is 11.8 Å². The summed E-state index contributed by atoms with van der Waals surface area (Å²) in [6.07, 6.45) is 3.82. The Balaban J connectivity index is 0.000000269. The Morgan fingerprint density at radius 3 is 1.02 bits per heavy atom. The molecule has 0 bridgehead atoms. The SMILES string of the molecule is CC(C)(c1ccc(N)c(N)c1)c1ccc(N)c(N)c1.NC1CC(N)C(N)CC1N.NCCC(N)C(N)CCN.Nc1ccc(Cc2ccc(N)c(N)c2)cc1N. The molecule has 1 saturated carbocycles. The van der Waals surface area contributed by atoms with Gasteiger partial charge in [-0.05, 0) is 116 Å². The van der Waals surface area contributed by atoms with Crippen molar-refractivity contribution in [1.82, 2.24) is 0 Å². The number of rotatable bonds is 9. The number of nitrogens with two attached hydrogens (primary N) is 16. The van der Waals surface area contributed by atoms with E-state index in [2.05, 4.69) is 13.8 Å². The van der Waals surface area contributed by atoms with Crippen molar-refractivity contribution in [2.75, 3.05) is 59.0 Å². The monoisotopic (exact) mass is 775 g/mol. The van der Waals surface area contributed by atoms with E-state index in [0.717, 1.165) is 54.4 Å². The second kappa shape index (κ2) is 21.9. The van der Waals surface area contributed by atoms with Crippen LogP contribution in [0.2, 0.25) is 0 Å². The molecule has 6 unspecified atom stereocenters. The Labute approximate surface area is 332 Å². The fourth-order valence-electron chi connectivity index (χ4n) is 5.94. The first-order valence-corrected chi connectivity index (χ1v) is 18.7. The molecule has 310 valence electrons. The highest BCUT2D eigenvalue weighted by Crippen LogP contribution is 2.35. The second-order valence-corrected chi connectivity index (χ2v) is 15.0. The lowest BCUT2D eigenvalue weighted by Crippen LogP contribution is -2.58. The van der Waals surface area contributed by atoms with Crippen molar-refractivity contribution in [2.24, 2.45) is 45.9 Å². The van der Waals surface area contributed by atoms with Crippen LogP contribution in [-0.4, -0.2) is 49.3 Å². The van der Waals surface area contributed by atoms with E-state index in [9.17, 15) is 0 Å². The summed E-state index contributed by atoms with van der Waals surface area (Å²) in [5, 5.41) is 0. The molecular weight excluding hydrogens is 705 g/mol. The van der Waals surface area contributed by atoms with Gasteiger partial charge < -0.3 is 91.7 Å². The van der Waals surface area contributed by atoms with Gasteiger partial charge in [0.2, 0.25) is 0 Å². The molecule has 0 heterocycles. The topological polar surface area (TPSA) is 416 Å². The average Bonchev–Trinajstić information content (AvgIpc) is 3.14. The van der Waals surface area contributed by atoms with E-state index < -0.39 is 0 Å². The van der Waals surface area contributed by atoms with Gasteiger partial charge in [0.1, 0.15) is 0 Å². The molecule has 0 radical (unpaired) electrons. The van der Waals surface area contributed by atoms with E-state index in [1.807, 2.05) is 72.8 Å². The third kappa shape index (κ3) is 14.2. The number of hydrogen-bond acceptors (Lipinski definition) is 16. The summed E-state index contributed by atoms with van der Waals surface area (Å²) in [6.45, 7) is 5.42. The Kier molecular flexibility index (Phi) is 18.4. The molecule has 16 heteroatoms. The zero-order valence-electron chi connectivity index (χ0n) is 33.1. The molecular formula is C40H70N16. The maximum absolute atomic E-state index is 5.88. The van der Waals surface area contributed by atoms with Gasteiger partial charge in [0.05, 0.1) is 45.5 Å². The van der Waals surface area contributed by atoms with Crippen LogP contribution < -0.4 is 91.7 Å². The lowest BCUT2D eigenvalue weighted by molar-refractivity contribution is 0.309. The molecule has 1 aliphatic rings. The largest absolute Gasteiger partial charge is 0.397 e. The Morgan fingerprint density at radius 1 is 0.464 bits per heavy atom. The van der Waals surface area contributed by atoms with Gasteiger partial charge in [-0.15, -0.1) is 0 Å². The molecule has 0 aliphatic heterocycles. The summed E-state index contributed by atoms with van der Waals surface area (Å²) in [5.74, 6) is 0. The molecule has 16 nitrogen and oxygen atoms in total. The van der Waals surface area contributed by atoms with Crippen LogP contribution in [0.4, 0.5) is 45.5 Å². The average molecular weight is 775 g/mol. The lowest BCUT2D eigenvalue weighted by atomic mass is 9.77. The van der Waals surface area contributed by atoms with Crippen LogP contribution in [0.5, 0.6) is 0 Å². The van der Waals surface area contributed by atoms with Gasteiger partial charge in [0.15, 0.2) is 0 Å². The van der Waals surface area contributed by atoms with Crippen LogP contribution in [0.1, 0.15) is 61.8 Å². The summed E-state index contributed by atoms with van der Waals surface area (Å²) in [5.41, 5.74) is 99.6. The second-order valence-electron chi connectivity index (χ2n) is 15.0. The first-order chi connectivity index (χ1) is 26.2. The molecule has 0 aromatic heterocycles. The van der Waals surface area contributed by atoms with Crippen LogP contribution in [0.25, 0.3) is 0 Å². The van der Waals surface area contributed by atoms with E-state index >= 15 is 0 Å². The molecule has 4 aromatic carbocycles. The third-order valence-electron chi connectivity index (χ3n) is 10.1. The number of nitrogen functional groups attached to an aromatic ring is 8. The number of hydrogen-bond donors (Lipinski definition) is 16. The van der Waals surface area contributed by atoms with E-state index in [0.29, 0.717) is 58.6 Å². The van der Waals surface area contributed by atoms with E-state index in [1.54, 1.807) is 0 Å². The van der Waals surface area contributed by atoms with Crippen LogP contribution in [0.3, 0.4) is 0 Å². The molecule has 1 fully saturated rings. The van der Waals surface area contributed by atoms with Crippen molar-refractivity contribution in [2.45, 2.75) is 87.6 Å². The minimum Gasteiger partial charge on any atom is -0.397 e. The molecule has 0 spiro atoms. The van der Waals surface area contributed by atoms with Crippen LogP contribution in [0.15, 0.2) is 72.8 Å². The Bertz CT molecular complexity index is 1650. The Morgan fingerprint density at radius 2 is 0.750 bits per heavy atom. The van der Waals surface area contributed by atoms with Crippen LogP contribution >= 0.6 is 0 Å². The van der Waals surface area contributed by atoms with Crippen molar-refractivity contribution >= 4 is 45.5 Å². The van der Waals surface area contributed by atoms with Crippen molar-refractivity contribution in [3.05, 3.63) is 95.1 Å². The van der Waals surface area contributed by atoms with Gasteiger partial charge in [0, 0.05) is 41.7 Å². The first kappa shape index (κ1) is 47.1. The molecule has 4 aromatic rings. The predicted octanol–water partition coefficient (Wildman–Crippen LogP) is 0.375. The highest BCUT2D eigenvalue weighted by atomic mass is 14.9. The zero-order chi connectivity index (χ0) is 42.3. The predicted molar refractivity (Wildman–Crippen MR) is 240 cm³/mol. The maximum atomic E-state index is 5.88. The molecule has 1 aliphatic carbocycles. The fourth-order valence-corrected chi connectivity index (χ4v) is 5.94. The number of anilines is 8. The quantitative estimate of drug-likeness (QED) is 0.102. The van der Waals surface area contributed by atoms with E-state index in [-0.39, 0.29) is 41.7 Å². The summed E-state index contributed by atoms with van der Waals surface area (Å²) in [6, 6.07) is 22.9. The summed E-state index contributed by atoms with van der Waals surface area (Å²) >= 11 is 0. The molecule has 56 heavy (non-hydrogen) atoms. The summed E-state index contributed by atoms with van der Waals surface area (Å²) in [7, 11) is 0. The van der Waals surface area contributed by atoms with Crippen LogP contribution in [0, 0.1) is 0 Å². The highest BCUT2D eigenvalue weighted by molar-refractivity contribution is 5.68. The van der Waals surface area contributed by atoms with Gasteiger partial charge in [-0.3, -0.25) is 0 Å². The molecule has 5 rings (SSSR count). The van der Waals surface area contributed by atoms with E-state index in [1.165, 1.54) is 0 Å². The van der Waals surface area contributed by atoms with Gasteiger partial charge in [-0.25, -0.2) is 0 Å². The molecule has 0 saturated heterocycles. The smallest absolute Gasteiger partial charge is 0.0550 e. The third-order valence-corrected chi connectivity index (χ3v) is 10.1. The van der Waals surface area contributed by atoms with Gasteiger partial charge in [-0.1, -0.05) is 38.1 Å². The van der Waals surface area contributed by atoms with Crippen molar-refractivity contribution in [3.8, 4) is 0 Å². The molecule has 6 atom stereocenters.